The van der Waals surface area contributed by atoms with Crippen LogP contribution in [-0.2, 0) is 0 Å². The van der Waals surface area contributed by atoms with E-state index in [1.807, 2.05) is 6.07 Å². The molecule has 1 aliphatic carbocycles. The Hall–Kier alpha value is -0.590. The Morgan fingerprint density at radius 1 is 1.36 bits per heavy atom. The Kier molecular flexibility index (Phi) is 2.86. The summed E-state index contributed by atoms with van der Waals surface area (Å²) in [4.78, 5) is 0. The molecule has 1 fully saturated rings. The SMILES string of the molecule is N#CCCC1CCC(O)C1O. The van der Waals surface area contributed by atoms with Gasteiger partial charge in [0.05, 0.1) is 18.3 Å². The van der Waals surface area contributed by atoms with Crippen LogP contribution in [0.25, 0.3) is 0 Å². The average molecular weight is 155 g/mol. The Morgan fingerprint density at radius 3 is 2.55 bits per heavy atom. The number of aliphatic hydroxyl groups is 2. The predicted octanol–water partition coefficient (Wildman–Crippen LogP) is 0.422. The third-order valence-corrected chi connectivity index (χ3v) is 2.34. The summed E-state index contributed by atoms with van der Waals surface area (Å²) in [5.41, 5.74) is 0. The molecular formula is C8H13NO2. The summed E-state index contributed by atoms with van der Waals surface area (Å²) in [6.45, 7) is 0. The van der Waals surface area contributed by atoms with Crippen molar-refractivity contribution in [3.05, 3.63) is 0 Å². The summed E-state index contributed by atoms with van der Waals surface area (Å²) < 4.78 is 0. The van der Waals surface area contributed by atoms with Crippen LogP contribution < -0.4 is 0 Å². The quantitative estimate of drug-likeness (QED) is 0.607. The maximum atomic E-state index is 9.32. The van der Waals surface area contributed by atoms with E-state index in [1.165, 1.54) is 0 Å². The van der Waals surface area contributed by atoms with Crippen LogP contribution in [0.5, 0.6) is 0 Å². The Balaban J connectivity index is 2.31. The predicted molar refractivity (Wildman–Crippen MR) is 39.6 cm³/mol. The van der Waals surface area contributed by atoms with Crippen molar-refractivity contribution >= 4 is 0 Å². The van der Waals surface area contributed by atoms with Crippen molar-refractivity contribution in [1.29, 1.82) is 5.26 Å². The number of nitriles is 1. The number of nitrogens with zero attached hydrogens (tertiary/aromatic N) is 1. The molecule has 0 spiro atoms. The highest BCUT2D eigenvalue weighted by Gasteiger charge is 2.32. The largest absolute Gasteiger partial charge is 0.390 e. The zero-order valence-corrected chi connectivity index (χ0v) is 6.40. The molecule has 1 saturated carbocycles. The van der Waals surface area contributed by atoms with Crippen LogP contribution >= 0.6 is 0 Å². The van der Waals surface area contributed by atoms with Crippen LogP contribution in [0.4, 0.5) is 0 Å². The smallest absolute Gasteiger partial charge is 0.0827 e. The molecule has 3 unspecified atom stereocenters. The molecule has 0 aromatic carbocycles. The first-order chi connectivity index (χ1) is 5.25. The second-order valence-corrected chi connectivity index (χ2v) is 3.09. The summed E-state index contributed by atoms with van der Waals surface area (Å²) in [5.74, 6) is 0.143. The second kappa shape index (κ2) is 3.70. The first kappa shape index (κ1) is 8.51. The van der Waals surface area contributed by atoms with Gasteiger partial charge in [0, 0.05) is 6.42 Å². The van der Waals surface area contributed by atoms with Crippen molar-refractivity contribution in [3.63, 3.8) is 0 Å². The van der Waals surface area contributed by atoms with Gasteiger partial charge in [-0.1, -0.05) is 0 Å². The van der Waals surface area contributed by atoms with Crippen molar-refractivity contribution in [2.24, 2.45) is 5.92 Å². The lowest BCUT2D eigenvalue weighted by Gasteiger charge is -2.13. The Labute approximate surface area is 66.3 Å². The topological polar surface area (TPSA) is 64.2 Å². The molecule has 0 aliphatic heterocycles. The number of hydrogen-bond donors (Lipinski definition) is 2. The van der Waals surface area contributed by atoms with Crippen molar-refractivity contribution < 1.29 is 10.2 Å². The summed E-state index contributed by atoms with van der Waals surface area (Å²) in [7, 11) is 0. The van der Waals surface area contributed by atoms with Crippen LogP contribution in [-0.4, -0.2) is 22.4 Å². The lowest BCUT2D eigenvalue weighted by atomic mass is 10.00. The molecule has 0 heterocycles. The lowest BCUT2D eigenvalue weighted by molar-refractivity contribution is 0.0191. The third kappa shape index (κ3) is 1.92. The molecule has 0 bridgehead atoms. The highest BCUT2D eigenvalue weighted by atomic mass is 16.3. The van der Waals surface area contributed by atoms with Crippen LogP contribution in [0.3, 0.4) is 0 Å². The van der Waals surface area contributed by atoms with E-state index in [9.17, 15) is 5.11 Å². The molecule has 0 radical (unpaired) electrons. The molecule has 1 aliphatic rings. The van der Waals surface area contributed by atoms with Crippen molar-refractivity contribution in [3.8, 4) is 6.07 Å². The number of aliphatic hydroxyl groups excluding tert-OH is 2. The van der Waals surface area contributed by atoms with E-state index in [4.69, 9.17) is 10.4 Å². The summed E-state index contributed by atoms with van der Waals surface area (Å²) in [5, 5.41) is 26.7. The minimum absolute atomic E-state index is 0.143. The van der Waals surface area contributed by atoms with Crippen LogP contribution in [0.2, 0.25) is 0 Å². The highest BCUT2D eigenvalue weighted by Crippen LogP contribution is 2.29. The standard InChI is InChI=1S/C8H13NO2/c9-5-1-2-6-3-4-7(10)8(6)11/h6-8,10-11H,1-4H2. The van der Waals surface area contributed by atoms with Crippen LogP contribution in [0, 0.1) is 17.2 Å². The van der Waals surface area contributed by atoms with Gasteiger partial charge in [0.15, 0.2) is 0 Å². The lowest BCUT2D eigenvalue weighted by Crippen LogP contribution is -2.24. The van der Waals surface area contributed by atoms with E-state index in [0.29, 0.717) is 19.3 Å². The van der Waals surface area contributed by atoms with Gasteiger partial charge in [-0.3, -0.25) is 0 Å². The molecule has 3 heteroatoms. The van der Waals surface area contributed by atoms with Crippen molar-refractivity contribution in [2.75, 3.05) is 0 Å². The minimum Gasteiger partial charge on any atom is -0.390 e. The zero-order valence-electron chi connectivity index (χ0n) is 6.40. The van der Waals surface area contributed by atoms with Gasteiger partial charge >= 0.3 is 0 Å². The first-order valence-corrected chi connectivity index (χ1v) is 3.98. The summed E-state index contributed by atoms with van der Waals surface area (Å²) in [6.07, 6.45) is 1.58. The fraction of sp³-hybridized carbons (Fsp3) is 0.875. The molecule has 0 aromatic heterocycles. The van der Waals surface area contributed by atoms with Crippen molar-refractivity contribution in [1.82, 2.24) is 0 Å². The molecule has 0 amide bonds. The van der Waals surface area contributed by atoms with Crippen LogP contribution in [0.1, 0.15) is 25.7 Å². The van der Waals surface area contributed by atoms with Gasteiger partial charge in [-0.05, 0) is 25.2 Å². The monoisotopic (exact) mass is 155 g/mol. The molecule has 3 nitrogen and oxygen atoms in total. The Morgan fingerprint density at radius 2 is 2.09 bits per heavy atom. The number of rotatable bonds is 2. The van der Waals surface area contributed by atoms with Gasteiger partial charge in [-0.25, -0.2) is 0 Å². The van der Waals surface area contributed by atoms with Gasteiger partial charge in [0.1, 0.15) is 0 Å². The molecule has 1 rings (SSSR count). The van der Waals surface area contributed by atoms with E-state index in [0.717, 1.165) is 6.42 Å². The molecular weight excluding hydrogens is 142 g/mol. The second-order valence-electron chi connectivity index (χ2n) is 3.09. The molecule has 11 heavy (non-hydrogen) atoms. The Bertz CT molecular complexity index is 164. The van der Waals surface area contributed by atoms with Gasteiger partial charge in [-0.2, -0.15) is 5.26 Å². The molecule has 0 saturated heterocycles. The normalized spacial score (nSPS) is 37.0. The maximum Gasteiger partial charge on any atom is 0.0827 e. The van der Waals surface area contributed by atoms with E-state index >= 15 is 0 Å². The van der Waals surface area contributed by atoms with E-state index in [2.05, 4.69) is 0 Å². The summed E-state index contributed by atoms with van der Waals surface area (Å²) >= 11 is 0. The summed E-state index contributed by atoms with van der Waals surface area (Å²) in [6, 6.07) is 2.04. The van der Waals surface area contributed by atoms with Gasteiger partial charge in [-0.15, -0.1) is 0 Å². The first-order valence-electron chi connectivity index (χ1n) is 3.98. The average Bonchev–Trinajstić information content (AvgIpc) is 2.31. The molecule has 0 aromatic rings. The fourth-order valence-electron chi connectivity index (χ4n) is 1.61. The fourth-order valence-corrected chi connectivity index (χ4v) is 1.61. The van der Waals surface area contributed by atoms with E-state index in [1.54, 1.807) is 0 Å². The van der Waals surface area contributed by atoms with Gasteiger partial charge in [0.25, 0.3) is 0 Å². The minimum atomic E-state index is -0.594. The van der Waals surface area contributed by atoms with Crippen molar-refractivity contribution in [2.45, 2.75) is 37.9 Å². The van der Waals surface area contributed by atoms with Gasteiger partial charge in [0.2, 0.25) is 0 Å². The van der Waals surface area contributed by atoms with E-state index in [-0.39, 0.29) is 5.92 Å². The maximum absolute atomic E-state index is 9.32. The van der Waals surface area contributed by atoms with E-state index < -0.39 is 12.2 Å². The van der Waals surface area contributed by atoms with Crippen LogP contribution in [0.15, 0.2) is 0 Å². The zero-order chi connectivity index (χ0) is 8.27. The highest BCUT2D eigenvalue weighted by molar-refractivity contribution is 4.86. The molecule has 3 atom stereocenters. The van der Waals surface area contributed by atoms with Gasteiger partial charge < -0.3 is 10.2 Å². The molecule has 2 N–H and O–H groups in total. The molecule has 62 valence electrons. The number of hydrogen-bond acceptors (Lipinski definition) is 3. The third-order valence-electron chi connectivity index (χ3n) is 2.34.